The summed E-state index contributed by atoms with van der Waals surface area (Å²) in [5, 5.41) is 3.52. The van der Waals surface area contributed by atoms with E-state index in [1.165, 1.54) is 19.3 Å². The van der Waals surface area contributed by atoms with Gasteiger partial charge in [-0.05, 0) is 72.8 Å². The van der Waals surface area contributed by atoms with Crippen LogP contribution >= 0.6 is 0 Å². The standard InChI is InChI=1S/C18H36N2O2/c1-14-8-9-15(12-14)13-19-10-11-20(17(2,3)4)16(21)22-18(5,6)7/h14-15,19H,8-13H2,1-7H3. The molecule has 0 heterocycles. The lowest BCUT2D eigenvalue weighted by Gasteiger charge is -2.37. The first-order valence-electron chi connectivity index (χ1n) is 8.70. The molecule has 0 radical (unpaired) electrons. The normalized spacial score (nSPS) is 22.7. The predicted molar refractivity (Wildman–Crippen MR) is 92.1 cm³/mol. The van der Waals surface area contributed by atoms with E-state index in [0.717, 1.165) is 24.9 Å². The number of amides is 1. The van der Waals surface area contributed by atoms with E-state index < -0.39 is 5.60 Å². The number of nitrogens with one attached hydrogen (secondary N) is 1. The molecular weight excluding hydrogens is 276 g/mol. The minimum Gasteiger partial charge on any atom is -0.444 e. The second-order valence-electron chi connectivity index (χ2n) is 8.79. The van der Waals surface area contributed by atoms with Crippen LogP contribution in [0.5, 0.6) is 0 Å². The maximum atomic E-state index is 12.4. The van der Waals surface area contributed by atoms with Crippen LogP contribution < -0.4 is 5.32 Å². The van der Waals surface area contributed by atoms with Crippen molar-refractivity contribution >= 4 is 6.09 Å². The van der Waals surface area contributed by atoms with Crippen molar-refractivity contribution in [1.29, 1.82) is 0 Å². The molecule has 0 bridgehead atoms. The van der Waals surface area contributed by atoms with Crippen molar-refractivity contribution in [2.45, 2.75) is 78.9 Å². The summed E-state index contributed by atoms with van der Waals surface area (Å²) in [5.74, 6) is 1.68. The molecule has 130 valence electrons. The Hall–Kier alpha value is -0.770. The van der Waals surface area contributed by atoms with Crippen LogP contribution in [-0.2, 0) is 4.74 Å². The zero-order valence-corrected chi connectivity index (χ0v) is 15.7. The van der Waals surface area contributed by atoms with Crippen LogP contribution in [0.1, 0.15) is 67.7 Å². The fourth-order valence-electron chi connectivity index (χ4n) is 3.02. The fourth-order valence-corrected chi connectivity index (χ4v) is 3.02. The molecule has 1 aliphatic rings. The largest absolute Gasteiger partial charge is 0.444 e. The molecule has 0 aromatic heterocycles. The number of ether oxygens (including phenoxy) is 1. The summed E-state index contributed by atoms with van der Waals surface area (Å²) in [6, 6.07) is 0. The molecule has 0 aromatic rings. The molecular formula is C18H36N2O2. The second kappa shape index (κ2) is 7.67. The van der Waals surface area contributed by atoms with Gasteiger partial charge in [-0.25, -0.2) is 4.79 Å². The quantitative estimate of drug-likeness (QED) is 0.779. The number of rotatable bonds is 5. The van der Waals surface area contributed by atoms with Gasteiger partial charge in [0.15, 0.2) is 0 Å². The summed E-state index contributed by atoms with van der Waals surface area (Å²) in [5.41, 5.74) is -0.681. The zero-order chi connectivity index (χ0) is 17.0. The van der Waals surface area contributed by atoms with E-state index >= 15 is 0 Å². The SMILES string of the molecule is CC1CCC(CNCCN(C(=O)OC(C)(C)C)C(C)(C)C)C1. The van der Waals surface area contributed by atoms with Crippen molar-refractivity contribution in [3.05, 3.63) is 0 Å². The van der Waals surface area contributed by atoms with Gasteiger partial charge in [0.25, 0.3) is 0 Å². The van der Waals surface area contributed by atoms with Gasteiger partial charge < -0.3 is 15.0 Å². The Balaban J connectivity index is 2.40. The molecule has 1 amide bonds. The maximum Gasteiger partial charge on any atom is 0.410 e. The Morgan fingerprint density at radius 2 is 1.82 bits per heavy atom. The van der Waals surface area contributed by atoms with Gasteiger partial charge in [-0.15, -0.1) is 0 Å². The highest BCUT2D eigenvalue weighted by atomic mass is 16.6. The van der Waals surface area contributed by atoms with Crippen molar-refractivity contribution in [3.63, 3.8) is 0 Å². The first-order chi connectivity index (χ1) is 9.99. The van der Waals surface area contributed by atoms with E-state index in [9.17, 15) is 4.79 Å². The number of hydrogen-bond acceptors (Lipinski definition) is 3. The minimum absolute atomic E-state index is 0.226. The van der Waals surface area contributed by atoms with Gasteiger partial charge in [0.1, 0.15) is 5.60 Å². The van der Waals surface area contributed by atoms with Crippen LogP contribution in [0.25, 0.3) is 0 Å². The number of nitrogens with zero attached hydrogens (tertiary/aromatic N) is 1. The van der Waals surface area contributed by atoms with Crippen LogP contribution in [0.15, 0.2) is 0 Å². The summed E-state index contributed by atoms with van der Waals surface area (Å²) in [6.45, 7) is 16.8. The minimum atomic E-state index is -0.450. The molecule has 0 aromatic carbocycles. The lowest BCUT2D eigenvalue weighted by molar-refractivity contribution is 0.00661. The Morgan fingerprint density at radius 1 is 1.18 bits per heavy atom. The van der Waals surface area contributed by atoms with Crippen molar-refractivity contribution in [3.8, 4) is 0 Å². The van der Waals surface area contributed by atoms with E-state index in [-0.39, 0.29) is 11.6 Å². The van der Waals surface area contributed by atoms with Crippen molar-refractivity contribution in [1.82, 2.24) is 10.2 Å². The van der Waals surface area contributed by atoms with E-state index in [1.54, 1.807) is 0 Å². The van der Waals surface area contributed by atoms with Gasteiger partial charge in [0.05, 0.1) is 0 Å². The summed E-state index contributed by atoms with van der Waals surface area (Å²) in [6.07, 6.45) is 3.81. The van der Waals surface area contributed by atoms with Gasteiger partial charge in [-0.1, -0.05) is 13.3 Å². The molecule has 1 fully saturated rings. The van der Waals surface area contributed by atoms with Crippen LogP contribution in [-0.4, -0.2) is 41.8 Å². The van der Waals surface area contributed by atoms with E-state index in [0.29, 0.717) is 6.54 Å². The Labute approximate surface area is 137 Å². The number of hydrogen-bond donors (Lipinski definition) is 1. The second-order valence-corrected chi connectivity index (χ2v) is 8.79. The number of carbonyl (C=O) groups excluding carboxylic acids is 1. The summed E-state index contributed by atoms with van der Waals surface area (Å²) < 4.78 is 5.53. The van der Waals surface area contributed by atoms with Crippen LogP contribution in [0.4, 0.5) is 4.79 Å². The first kappa shape index (κ1) is 19.3. The third-order valence-electron chi connectivity index (χ3n) is 4.17. The molecule has 0 spiro atoms. The van der Waals surface area contributed by atoms with Crippen LogP contribution in [0, 0.1) is 11.8 Å². The average Bonchev–Trinajstić information content (AvgIpc) is 2.70. The highest BCUT2D eigenvalue weighted by molar-refractivity contribution is 5.69. The third kappa shape index (κ3) is 6.99. The van der Waals surface area contributed by atoms with Crippen LogP contribution in [0.3, 0.4) is 0 Å². The molecule has 0 aliphatic heterocycles. The molecule has 1 aliphatic carbocycles. The van der Waals surface area contributed by atoms with Crippen molar-refractivity contribution in [2.24, 2.45) is 11.8 Å². The van der Waals surface area contributed by atoms with Gasteiger partial charge in [-0.2, -0.15) is 0 Å². The van der Waals surface area contributed by atoms with Gasteiger partial charge >= 0.3 is 6.09 Å². The first-order valence-corrected chi connectivity index (χ1v) is 8.70. The molecule has 2 unspecified atom stereocenters. The monoisotopic (exact) mass is 312 g/mol. The molecule has 4 heteroatoms. The fraction of sp³-hybridized carbons (Fsp3) is 0.944. The van der Waals surface area contributed by atoms with E-state index in [4.69, 9.17) is 4.74 Å². The highest BCUT2D eigenvalue weighted by Crippen LogP contribution is 2.29. The third-order valence-corrected chi connectivity index (χ3v) is 4.17. The zero-order valence-electron chi connectivity index (χ0n) is 15.7. The maximum absolute atomic E-state index is 12.4. The van der Waals surface area contributed by atoms with Crippen molar-refractivity contribution in [2.75, 3.05) is 19.6 Å². The Kier molecular flexibility index (Phi) is 6.72. The lowest BCUT2D eigenvalue weighted by atomic mass is 10.1. The molecule has 4 nitrogen and oxygen atoms in total. The smallest absolute Gasteiger partial charge is 0.410 e. The van der Waals surface area contributed by atoms with Crippen LogP contribution in [0.2, 0.25) is 0 Å². The van der Waals surface area contributed by atoms with Crippen molar-refractivity contribution < 1.29 is 9.53 Å². The van der Waals surface area contributed by atoms with Gasteiger partial charge in [-0.3, -0.25) is 0 Å². The molecule has 0 saturated heterocycles. The Bertz CT molecular complexity index is 355. The predicted octanol–water partition coefficient (Wildman–Crippen LogP) is 4.05. The van der Waals surface area contributed by atoms with E-state index in [2.05, 4.69) is 33.0 Å². The Morgan fingerprint density at radius 3 is 2.27 bits per heavy atom. The molecule has 1 N–H and O–H groups in total. The average molecular weight is 312 g/mol. The summed E-state index contributed by atoms with van der Waals surface area (Å²) >= 11 is 0. The summed E-state index contributed by atoms with van der Waals surface area (Å²) in [4.78, 5) is 14.2. The topological polar surface area (TPSA) is 41.6 Å². The molecule has 1 saturated carbocycles. The molecule has 1 rings (SSSR count). The molecule has 22 heavy (non-hydrogen) atoms. The lowest BCUT2D eigenvalue weighted by Crippen LogP contribution is -2.50. The van der Waals surface area contributed by atoms with Gasteiger partial charge in [0.2, 0.25) is 0 Å². The highest BCUT2D eigenvalue weighted by Gasteiger charge is 2.30. The van der Waals surface area contributed by atoms with Gasteiger partial charge in [0, 0.05) is 18.6 Å². The summed E-state index contributed by atoms with van der Waals surface area (Å²) in [7, 11) is 0. The number of carbonyl (C=O) groups is 1. The molecule has 2 atom stereocenters. The van der Waals surface area contributed by atoms with E-state index in [1.807, 2.05) is 25.7 Å².